The third kappa shape index (κ3) is 5.15. The molecule has 0 bridgehead atoms. The minimum Gasteiger partial charge on any atom is -0.387 e. The number of hydrogen-bond donors (Lipinski definition) is 3. The molecule has 24 heavy (non-hydrogen) atoms. The summed E-state index contributed by atoms with van der Waals surface area (Å²) in [5, 5.41) is 13.3. The van der Waals surface area contributed by atoms with Gasteiger partial charge in [0.15, 0.2) is 0 Å². The molecular formula is C19H23FN2O2. The van der Waals surface area contributed by atoms with Gasteiger partial charge in [0.2, 0.25) is 5.91 Å². The zero-order valence-corrected chi connectivity index (χ0v) is 13.7. The second-order valence-electron chi connectivity index (χ2n) is 5.95. The highest BCUT2D eigenvalue weighted by Gasteiger charge is 2.13. The Kier molecular flexibility index (Phi) is 6.46. The third-order valence-electron chi connectivity index (χ3n) is 4.03. The van der Waals surface area contributed by atoms with E-state index in [0.29, 0.717) is 17.7 Å². The van der Waals surface area contributed by atoms with E-state index in [9.17, 15) is 14.3 Å². The van der Waals surface area contributed by atoms with Crippen molar-refractivity contribution < 1.29 is 14.3 Å². The number of amides is 1. The molecule has 0 fully saturated rings. The van der Waals surface area contributed by atoms with E-state index in [-0.39, 0.29) is 6.04 Å². The lowest BCUT2D eigenvalue weighted by molar-refractivity contribution is 0.1000. The summed E-state index contributed by atoms with van der Waals surface area (Å²) in [7, 11) is 0. The largest absolute Gasteiger partial charge is 0.387 e. The summed E-state index contributed by atoms with van der Waals surface area (Å²) in [5.41, 5.74) is 7.13. The molecule has 1 amide bonds. The van der Waals surface area contributed by atoms with Crippen molar-refractivity contribution in [3.8, 4) is 0 Å². The van der Waals surface area contributed by atoms with E-state index in [1.165, 1.54) is 6.07 Å². The molecule has 0 heterocycles. The van der Waals surface area contributed by atoms with Gasteiger partial charge >= 0.3 is 0 Å². The molecule has 2 aromatic rings. The molecule has 0 saturated heterocycles. The number of aliphatic hydroxyl groups is 1. The number of halogens is 1. The highest BCUT2D eigenvalue weighted by atomic mass is 19.1. The van der Waals surface area contributed by atoms with Crippen LogP contribution in [0.25, 0.3) is 0 Å². The maximum absolute atomic E-state index is 13.6. The number of aryl methyl sites for hydroxylation is 1. The highest BCUT2D eigenvalue weighted by Crippen LogP contribution is 2.16. The Bertz CT molecular complexity index is 673. The summed E-state index contributed by atoms with van der Waals surface area (Å²) in [4.78, 5) is 11.0. The number of nitrogens with one attached hydrogen (secondary N) is 1. The average molecular weight is 330 g/mol. The predicted octanol–water partition coefficient (Wildman–Crippen LogP) is 2.57. The molecule has 0 saturated carbocycles. The lowest BCUT2D eigenvalue weighted by Crippen LogP contribution is -2.31. The van der Waals surface area contributed by atoms with Crippen molar-refractivity contribution in [1.29, 1.82) is 0 Å². The summed E-state index contributed by atoms with van der Waals surface area (Å²) in [5.74, 6) is -0.826. The molecular weight excluding hydrogens is 307 g/mol. The number of aliphatic hydroxyl groups excluding tert-OH is 1. The van der Waals surface area contributed by atoms with Crippen LogP contribution in [0.3, 0.4) is 0 Å². The predicted molar refractivity (Wildman–Crippen MR) is 92.1 cm³/mol. The summed E-state index contributed by atoms with van der Waals surface area (Å²) < 4.78 is 13.6. The van der Waals surface area contributed by atoms with Crippen LogP contribution in [0.1, 0.15) is 40.9 Å². The Morgan fingerprint density at radius 2 is 1.88 bits per heavy atom. The van der Waals surface area contributed by atoms with Crippen molar-refractivity contribution in [1.82, 2.24) is 5.32 Å². The monoisotopic (exact) mass is 330 g/mol. The number of carbonyl (C=O) groups is 1. The van der Waals surface area contributed by atoms with Crippen molar-refractivity contribution in [3.05, 3.63) is 71.0 Å². The van der Waals surface area contributed by atoms with Gasteiger partial charge in [-0.25, -0.2) is 4.39 Å². The van der Waals surface area contributed by atoms with Crippen LogP contribution in [-0.2, 0) is 6.42 Å². The molecule has 5 heteroatoms. The summed E-state index contributed by atoms with van der Waals surface area (Å²) in [6.45, 7) is 2.31. The van der Waals surface area contributed by atoms with Crippen LogP contribution in [0.5, 0.6) is 0 Å². The van der Waals surface area contributed by atoms with Crippen LogP contribution < -0.4 is 11.1 Å². The van der Waals surface area contributed by atoms with E-state index >= 15 is 0 Å². The van der Waals surface area contributed by atoms with Crippen molar-refractivity contribution in [2.45, 2.75) is 31.9 Å². The first-order valence-corrected chi connectivity index (χ1v) is 8.02. The van der Waals surface area contributed by atoms with Gasteiger partial charge in [0.1, 0.15) is 5.82 Å². The first-order valence-electron chi connectivity index (χ1n) is 8.02. The molecule has 0 radical (unpaired) electrons. The summed E-state index contributed by atoms with van der Waals surface area (Å²) in [6.07, 6.45) is 0.826. The van der Waals surface area contributed by atoms with Crippen molar-refractivity contribution >= 4 is 5.91 Å². The molecule has 0 aliphatic heterocycles. The van der Waals surface area contributed by atoms with E-state index < -0.39 is 17.8 Å². The van der Waals surface area contributed by atoms with Crippen LogP contribution in [-0.4, -0.2) is 23.6 Å². The topological polar surface area (TPSA) is 75.4 Å². The maximum Gasteiger partial charge on any atom is 0.248 e. The van der Waals surface area contributed by atoms with Crippen LogP contribution in [0, 0.1) is 5.82 Å². The third-order valence-corrected chi connectivity index (χ3v) is 4.03. The molecule has 4 nitrogen and oxygen atoms in total. The molecule has 2 rings (SSSR count). The molecule has 0 aliphatic rings. The lowest BCUT2D eigenvalue weighted by atomic mass is 10.0. The van der Waals surface area contributed by atoms with Gasteiger partial charge in [-0.15, -0.1) is 0 Å². The highest BCUT2D eigenvalue weighted by molar-refractivity contribution is 5.92. The molecule has 2 atom stereocenters. The van der Waals surface area contributed by atoms with E-state index in [2.05, 4.69) is 5.32 Å². The molecule has 2 aromatic carbocycles. The zero-order chi connectivity index (χ0) is 17.5. The maximum atomic E-state index is 13.6. The number of primary amides is 1. The van der Waals surface area contributed by atoms with Crippen LogP contribution in [0.4, 0.5) is 4.39 Å². The zero-order valence-electron chi connectivity index (χ0n) is 13.7. The molecule has 0 spiro atoms. The second kappa shape index (κ2) is 8.57. The fraction of sp³-hybridized carbons (Fsp3) is 0.316. The number of nitrogens with two attached hydrogens (primary N) is 1. The number of carbonyl (C=O) groups excluding carboxylic acids is 1. The first-order chi connectivity index (χ1) is 11.5. The molecule has 128 valence electrons. The fourth-order valence-electron chi connectivity index (χ4n) is 2.49. The standard InChI is InChI=1S/C19H23FN2O2/c1-13(6-7-14-8-10-15(11-9-14)19(21)24)22-12-18(23)16-4-2-3-5-17(16)20/h2-5,8-11,13,18,22-23H,6-7,12H2,1H3,(H2,21,24). The number of hydrogen-bond acceptors (Lipinski definition) is 3. The minimum atomic E-state index is -0.872. The average Bonchev–Trinajstić information content (AvgIpc) is 2.58. The number of benzene rings is 2. The van der Waals surface area contributed by atoms with E-state index in [4.69, 9.17) is 5.73 Å². The van der Waals surface area contributed by atoms with Gasteiger partial charge in [-0.05, 0) is 43.5 Å². The van der Waals surface area contributed by atoms with E-state index in [1.54, 1.807) is 30.3 Å². The molecule has 0 aliphatic carbocycles. The van der Waals surface area contributed by atoms with Gasteiger partial charge in [0.05, 0.1) is 6.10 Å². The Labute approximate surface area is 141 Å². The number of rotatable bonds is 8. The van der Waals surface area contributed by atoms with E-state index in [0.717, 1.165) is 18.4 Å². The Hall–Kier alpha value is -2.24. The van der Waals surface area contributed by atoms with Gasteiger partial charge in [-0.2, -0.15) is 0 Å². The lowest BCUT2D eigenvalue weighted by Gasteiger charge is -2.18. The smallest absolute Gasteiger partial charge is 0.248 e. The molecule has 2 unspecified atom stereocenters. The van der Waals surface area contributed by atoms with Gasteiger partial charge in [-0.1, -0.05) is 30.3 Å². The van der Waals surface area contributed by atoms with Crippen molar-refractivity contribution in [2.75, 3.05) is 6.54 Å². The van der Waals surface area contributed by atoms with Gasteiger partial charge < -0.3 is 16.2 Å². The summed E-state index contributed by atoms with van der Waals surface area (Å²) >= 11 is 0. The van der Waals surface area contributed by atoms with Gasteiger partial charge in [0, 0.05) is 23.7 Å². The van der Waals surface area contributed by atoms with Crippen molar-refractivity contribution in [2.24, 2.45) is 5.73 Å². The molecule has 4 N–H and O–H groups in total. The van der Waals surface area contributed by atoms with Gasteiger partial charge in [0.25, 0.3) is 0 Å². The quantitative estimate of drug-likeness (QED) is 0.696. The second-order valence-corrected chi connectivity index (χ2v) is 5.95. The summed E-state index contributed by atoms with van der Waals surface area (Å²) in [6, 6.07) is 13.6. The van der Waals surface area contributed by atoms with Crippen LogP contribution in [0.2, 0.25) is 0 Å². The Morgan fingerprint density at radius 3 is 2.50 bits per heavy atom. The normalized spacial score (nSPS) is 13.5. The van der Waals surface area contributed by atoms with Gasteiger partial charge in [-0.3, -0.25) is 4.79 Å². The van der Waals surface area contributed by atoms with E-state index in [1.807, 2.05) is 19.1 Å². The Balaban J connectivity index is 1.78. The fourth-order valence-corrected chi connectivity index (χ4v) is 2.49. The minimum absolute atomic E-state index is 0.169. The van der Waals surface area contributed by atoms with Crippen LogP contribution in [0.15, 0.2) is 48.5 Å². The molecule has 0 aromatic heterocycles. The van der Waals surface area contributed by atoms with Crippen molar-refractivity contribution in [3.63, 3.8) is 0 Å². The SMILES string of the molecule is CC(CCc1ccc(C(N)=O)cc1)NCC(O)c1ccccc1F. The Morgan fingerprint density at radius 1 is 1.21 bits per heavy atom. The first kappa shape index (κ1) is 18.1. The van der Waals surface area contributed by atoms with Crippen LogP contribution >= 0.6 is 0 Å².